The standard InChI is InChI=1S/C25H29ClN5O5P/c1-6-23(32)28-16-7-10-21(35-3)20(13-16)30-25-27-15-18(26)24(31-25)29-19-9-8-17(36-12-11-34-2)14-22(19)37(4,5)33/h6-10,13-15H,1,11-12H2,2-5H3,(H,28,32)(H2,27,29,30,31). The third-order valence-electron chi connectivity index (χ3n) is 5.00. The van der Waals surface area contributed by atoms with Crippen molar-refractivity contribution in [1.29, 1.82) is 0 Å². The first kappa shape index (κ1) is 28.0. The van der Waals surface area contributed by atoms with E-state index in [1.165, 1.54) is 19.4 Å². The van der Waals surface area contributed by atoms with Crippen LogP contribution in [-0.4, -0.2) is 56.6 Å². The predicted octanol–water partition coefficient (Wildman–Crippen LogP) is 5.02. The summed E-state index contributed by atoms with van der Waals surface area (Å²) in [6.45, 7) is 7.60. The molecule has 0 atom stereocenters. The Bertz CT molecular complexity index is 1330. The molecule has 0 unspecified atom stereocenters. The third kappa shape index (κ3) is 7.69. The van der Waals surface area contributed by atoms with Gasteiger partial charge in [0.15, 0.2) is 5.82 Å². The van der Waals surface area contributed by atoms with Crippen molar-refractivity contribution in [3.05, 3.63) is 60.3 Å². The van der Waals surface area contributed by atoms with E-state index >= 15 is 0 Å². The smallest absolute Gasteiger partial charge is 0.247 e. The Morgan fingerprint density at radius 1 is 1.11 bits per heavy atom. The van der Waals surface area contributed by atoms with E-state index in [4.69, 9.17) is 25.8 Å². The molecule has 0 saturated carbocycles. The average molecular weight is 546 g/mol. The first-order chi connectivity index (χ1) is 17.6. The van der Waals surface area contributed by atoms with Gasteiger partial charge in [0.05, 0.1) is 31.3 Å². The lowest BCUT2D eigenvalue weighted by atomic mass is 10.2. The number of anilines is 5. The maximum atomic E-state index is 13.1. The number of halogens is 1. The summed E-state index contributed by atoms with van der Waals surface area (Å²) < 4.78 is 29.2. The molecule has 0 aliphatic carbocycles. The molecule has 196 valence electrons. The van der Waals surface area contributed by atoms with Crippen LogP contribution >= 0.6 is 18.7 Å². The summed E-state index contributed by atoms with van der Waals surface area (Å²) in [7, 11) is 0.412. The molecule has 1 heterocycles. The van der Waals surface area contributed by atoms with Crippen LogP contribution in [0.2, 0.25) is 5.02 Å². The number of rotatable bonds is 12. The zero-order valence-corrected chi connectivity index (χ0v) is 22.7. The molecular formula is C25H29ClN5O5P. The lowest BCUT2D eigenvalue weighted by Gasteiger charge is -2.18. The second-order valence-corrected chi connectivity index (χ2v) is 11.7. The van der Waals surface area contributed by atoms with Gasteiger partial charge in [-0.25, -0.2) is 4.98 Å². The van der Waals surface area contributed by atoms with E-state index in [0.717, 1.165) is 0 Å². The largest absolute Gasteiger partial charge is 0.495 e. The first-order valence-electron chi connectivity index (χ1n) is 11.1. The topological polar surface area (TPSA) is 124 Å². The Morgan fingerprint density at radius 3 is 2.57 bits per heavy atom. The van der Waals surface area contributed by atoms with Crippen LogP contribution in [-0.2, 0) is 14.1 Å². The SMILES string of the molecule is C=CC(=O)Nc1ccc(OC)c(Nc2ncc(Cl)c(Nc3ccc(OCCOC)cc3P(C)(C)=O)n2)c1. The highest BCUT2D eigenvalue weighted by Gasteiger charge is 2.19. The van der Waals surface area contributed by atoms with E-state index < -0.39 is 7.14 Å². The van der Waals surface area contributed by atoms with Gasteiger partial charge >= 0.3 is 0 Å². The summed E-state index contributed by atoms with van der Waals surface area (Å²) in [6, 6.07) is 10.3. The molecule has 12 heteroatoms. The molecule has 1 aromatic heterocycles. The van der Waals surface area contributed by atoms with Gasteiger partial charge in [-0.15, -0.1) is 0 Å². The molecule has 0 fully saturated rings. The van der Waals surface area contributed by atoms with Gasteiger partial charge in [-0.1, -0.05) is 18.2 Å². The molecule has 1 amide bonds. The molecule has 0 aliphatic heterocycles. The van der Waals surface area contributed by atoms with Crippen molar-refractivity contribution < 1.29 is 23.6 Å². The number of nitrogens with one attached hydrogen (secondary N) is 3. The second kappa shape index (κ2) is 12.6. The quantitative estimate of drug-likeness (QED) is 0.163. The Labute approximate surface area is 220 Å². The fraction of sp³-hybridized carbons (Fsp3) is 0.240. The van der Waals surface area contributed by atoms with Crippen molar-refractivity contribution in [1.82, 2.24) is 9.97 Å². The second-order valence-electron chi connectivity index (χ2n) is 8.12. The van der Waals surface area contributed by atoms with Crippen molar-refractivity contribution in [3.8, 4) is 11.5 Å². The van der Waals surface area contributed by atoms with Crippen LogP contribution in [0, 0.1) is 0 Å². The van der Waals surface area contributed by atoms with Crippen LogP contribution in [0.15, 0.2) is 55.3 Å². The molecule has 0 radical (unpaired) electrons. The van der Waals surface area contributed by atoms with Gasteiger partial charge in [0.1, 0.15) is 30.3 Å². The highest BCUT2D eigenvalue weighted by molar-refractivity contribution is 7.70. The fourth-order valence-corrected chi connectivity index (χ4v) is 4.52. The summed E-state index contributed by atoms with van der Waals surface area (Å²) in [6.07, 6.45) is 2.62. The van der Waals surface area contributed by atoms with Gasteiger partial charge in [0.2, 0.25) is 11.9 Å². The highest BCUT2D eigenvalue weighted by atomic mass is 35.5. The Balaban J connectivity index is 1.90. The summed E-state index contributed by atoms with van der Waals surface area (Å²) >= 11 is 6.38. The van der Waals surface area contributed by atoms with E-state index in [-0.39, 0.29) is 16.9 Å². The highest BCUT2D eigenvalue weighted by Crippen LogP contribution is 2.40. The predicted molar refractivity (Wildman–Crippen MR) is 148 cm³/mol. The molecule has 3 aromatic rings. The van der Waals surface area contributed by atoms with Crippen LogP contribution in [0.25, 0.3) is 0 Å². The molecule has 0 aliphatic rings. The molecule has 0 saturated heterocycles. The lowest BCUT2D eigenvalue weighted by molar-refractivity contribution is -0.111. The number of hydrogen-bond acceptors (Lipinski definition) is 9. The Kier molecular flexibility index (Phi) is 9.52. The average Bonchev–Trinajstić information content (AvgIpc) is 2.86. The molecule has 37 heavy (non-hydrogen) atoms. The van der Waals surface area contributed by atoms with Gasteiger partial charge in [-0.2, -0.15) is 4.98 Å². The van der Waals surface area contributed by atoms with Crippen molar-refractivity contribution in [2.75, 3.05) is 56.7 Å². The van der Waals surface area contributed by atoms with Crippen LogP contribution in [0.5, 0.6) is 11.5 Å². The van der Waals surface area contributed by atoms with E-state index in [1.807, 2.05) is 0 Å². The molecular weight excluding hydrogens is 517 g/mol. The van der Waals surface area contributed by atoms with Crippen LogP contribution in [0.4, 0.5) is 28.8 Å². The van der Waals surface area contributed by atoms with Gasteiger partial charge in [0.25, 0.3) is 0 Å². The van der Waals surface area contributed by atoms with Gasteiger partial charge in [-0.3, -0.25) is 4.79 Å². The summed E-state index contributed by atoms with van der Waals surface area (Å²) in [5.41, 5.74) is 1.62. The number of ether oxygens (including phenoxy) is 3. The summed E-state index contributed by atoms with van der Waals surface area (Å²) in [5.74, 6) is 1.26. The monoisotopic (exact) mass is 545 g/mol. The minimum Gasteiger partial charge on any atom is -0.495 e. The fourth-order valence-electron chi connectivity index (χ4n) is 3.24. The van der Waals surface area contributed by atoms with Gasteiger partial charge in [-0.05, 0) is 55.8 Å². The number of benzene rings is 2. The maximum absolute atomic E-state index is 13.1. The van der Waals surface area contributed by atoms with Gasteiger partial charge in [0, 0.05) is 18.1 Å². The van der Waals surface area contributed by atoms with Crippen molar-refractivity contribution in [3.63, 3.8) is 0 Å². The minimum atomic E-state index is -2.71. The minimum absolute atomic E-state index is 0.217. The van der Waals surface area contributed by atoms with E-state index in [2.05, 4.69) is 32.5 Å². The normalized spacial score (nSPS) is 10.9. The maximum Gasteiger partial charge on any atom is 0.247 e. The van der Waals surface area contributed by atoms with Crippen LogP contribution in [0.1, 0.15) is 0 Å². The van der Waals surface area contributed by atoms with Crippen molar-refractivity contribution in [2.45, 2.75) is 0 Å². The number of carbonyl (C=O) groups excluding carboxylic acids is 1. The van der Waals surface area contributed by atoms with Crippen molar-refractivity contribution in [2.24, 2.45) is 0 Å². The zero-order chi connectivity index (χ0) is 27.0. The van der Waals surface area contributed by atoms with E-state index in [1.54, 1.807) is 56.8 Å². The molecule has 10 nitrogen and oxygen atoms in total. The molecule has 0 bridgehead atoms. The van der Waals surface area contributed by atoms with E-state index in [9.17, 15) is 9.36 Å². The lowest BCUT2D eigenvalue weighted by Crippen LogP contribution is -2.13. The van der Waals surface area contributed by atoms with Crippen molar-refractivity contribution >= 4 is 58.8 Å². The number of aromatic nitrogens is 2. The number of amides is 1. The van der Waals surface area contributed by atoms with E-state index in [0.29, 0.717) is 52.9 Å². The molecule has 0 spiro atoms. The van der Waals surface area contributed by atoms with Gasteiger partial charge < -0.3 is 34.7 Å². The molecule has 3 rings (SSSR count). The van der Waals surface area contributed by atoms with Crippen LogP contribution in [0.3, 0.4) is 0 Å². The number of carbonyl (C=O) groups is 1. The number of nitrogens with zero attached hydrogens (tertiary/aromatic N) is 2. The number of hydrogen-bond donors (Lipinski definition) is 3. The molecule has 3 N–H and O–H groups in total. The number of methoxy groups -OCH3 is 2. The zero-order valence-electron chi connectivity index (χ0n) is 21.0. The Hall–Kier alpha value is -3.59. The summed E-state index contributed by atoms with van der Waals surface area (Å²) in [5, 5.41) is 9.79. The van der Waals surface area contributed by atoms with Crippen LogP contribution < -0.4 is 30.7 Å². The Morgan fingerprint density at radius 2 is 1.89 bits per heavy atom. The first-order valence-corrected chi connectivity index (χ1v) is 14.1. The summed E-state index contributed by atoms with van der Waals surface area (Å²) in [4.78, 5) is 20.4. The molecule has 2 aromatic carbocycles. The third-order valence-corrected chi connectivity index (χ3v) is 6.81.